The van der Waals surface area contributed by atoms with E-state index >= 15 is 0 Å². The van der Waals surface area contributed by atoms with Gasteiger partial charge in [0.05, 0.1) is 10.5 Å². The summed E-state index contributed by atoms with van der Waals surface area (Å²) in [6, 6.07) is 2.88. The average Bonchev–Trinajstić information content (AvgIpc) is 2.01. The van der Waals surface area contributed by atoms with Gasteiger partial charge in [-0.05, 0) is 18.2 Å². The average molecular weight is 266 g/mol. The molecule has 0 aliphatic carbocycles. The van der Waals surface area contributed by atoms with Crippen LogP contribution in [0.5, 0.6) is 0 Å². The van der Waals surface area contributed by atoms with Crippen LogP contribution in [0.15, 0.2) is 29.2 Å². The molecule has 1 aromatic rings. The summed E-state index contributed by atoms with van der Waals surface area (Å²) in [4.78, 5) is -0.771. The fourth-order valence-electron chi connectivity index (χ4n) is 0.833. The molecule has 0 atom stereocenters. The Balaban J connectivity index is 0.00000196. The Hall–Kier alpha value is 0.180. The predicted octanol–water partition coefficient (Wildman–Crippen LogP) is 1.57. The van der Waals surface area contributed by atoms with Crippen molar-refractivity contribution in [3.8, 4) is 0 Å². The Bertz CT molecular complexity index is 441. The normalized spacial score (nSPS) is 12.0. The van der Waals surface area contributed by atoms with Gasteiger partial charge in [-0.2, -0.15) is 21.6 Å². The summed E-state index contributed by atoms with van der Waals surface area (Å²) in [6.45, 7) is 0. The molecule has 80 valence electrons. The van der Waals surface area contributed by atoms with Gasteiger partial charge in [-0.3, -0.25) is 4.55 Å². The number of rotatable bonds is 1. The predicted molar refractivity (Wildman–Crippen MR) is 47.0 cm³/mol. The van der Waals surface area contributed by atoms with E-state index in [4.69, 9.17) is 4.55 Å². The quantitative estimate of drug-likeness (QED) is 0.620. The summed E-state index contributed by atoms with van der Waals surface area (Å²) < 4.78 is 65.7. The minimum Gasteiger partial charge on any atom is -0.282 e. The van der Waals surface area contributed by atoms with Crippen molar-refractivity contribution in [1.82, 2.24) is 0 Å². The zero-order valence-electron chi connectivity index (χ0n) is 7.32. The summed E-state index contributed by atoms with van der Waals surface area (Å²) >= 11 is 0. The molecule has 1 aromatic carbocycles. The van der Waals surface area contributed by atoms with E-state index < -0.39 is 26.8 Å². The Morgan fingerprint density at radius 1 is 1.20 bits per heavy atom. The minimum atomic E-state index is -4.62. The van der Waals surface area contributed by atoms with Gasteiger partial charge >= 0.3 is 6.18 Å². The molecule has 8 heteroatoms. The fraction of sp³-hybridized carbons (Fsp3) is 0.143. The Morgan fingerprint density at radius 3 is 2.13 bits per heavy atom. The van der Waals surface area contributed by atoms with Crippen LogP contribution < -0.4 is 0 Å². The van der Waals surface area contributed by atoms with Gasteiger partial charge in [0.2, 0.25) is 0 Å². The van der Waals surface area contributed by atoms with Gasteiger partial charge in [0, 0.05) is 37.7 Å². The monoisotopic (exact) mass is 266 g/mol. The summed E-state index contributed by atoms with van der Waals surface area (Å²) in [5.41, 5.74) is -1.12. The maximum Gasteiger partial charge on any atom is 0.416 e. The van der Waals surface area contributed by atoms with E-state index in [1.54, 1.807) is 0 Å². The second kappa shape index (κ2) is 5.01. The molecule has 0 saturated carbocycles. The Kier molecular flexibility index (Phi) is 5.07. The molecular weight excluding hydrogens is 261 g/mol. The first-order valence-electron chi connectivity index (χ1n) is 3.36. The maximum atomic E-state index is 12.1. The smallest absolute Gasteiger partial charge is 0.282 e. The van der Waals surface area contributed by atoms with Gasteiger partial charge in [0.25, 0.3) is 10.1 Å². The molecule has 15 heavy (non-hydrogen) atoms. The van der Waals surface area contributed by atoms with E-state index in [1.165, 1.54) is 0 Å². The third-order valence-corrected chi connectivity index (χ3v) is 2.31. The van der Waals surface area contributed by atoms with Crippen molar-refractivity contribution >= 4 is 47.9 Å². The summed E-state index contributed by atoms with van der Waals surface area (Å²) in [5, 5.41) is 0. The number of alkyl halides is 3. The van der Waals surface area contributed by atoms with Crippen LogP contribution in [-0.4, -0.2) is 50.7 Å². The van der Waals surface area contributed by atoms with Gasteiger partial charge in [0.1, 0.15) is 0 Å². The van der Waals surface area contributed by atoms with Crippen LogP contribution in [-0.2, 0) is 16.3 Å². The first kappa shape index (κ1) is 15.2. The zero-order chi connectivity index (χ0) is 11.0. The van der Waals surface area contributed by atoms with Crippen molar-refractivity contribution in [2.75, 3.05) is 0 Å². The van der Waals surface area contributed by atoms with Crippen LogP contribution in [0.3, 0.4) is 0 Å². The molecule has 0 aliphatic rings. The molecule has 0 unspecified atom stereocenters. The molecular formula is C7H5CaF3O3S. The SMILES string of the molecule is O=S(=O)(O)c1cccc(C(F)(F)F)c1.[Ca]. The van der Waals surface area contributed by atoms with Gasteiger partial charge in [0.15, 0.2) is 0 Å². The standard InChI is InChI=1S/C7H5F3O3S.Ca/c8-7(9,10)5-2-1-3-6(4-5)14(11,12)13;/h1-4H,(H,11,12,13);. The summed E-state index contributed by atoms with van der Waals surface area (Å²) in [6.07, 6.45) is -4.62. The molecule has 0 aromatic heterocycles. The van der Waals surface area contributed by atoms with Crippen LogP contribution in [0.2, 0.25) is 0 Å². The van der Waals surface area contributed by atoms with E-state index in [-0.39, 0.29) is 37.7 Å². The fourth-order valence-corrected chi connectivity index (χ4v) is 1.36. The zero-order valence-corrected chi connectivity index (χ0v) is 10.3. The molecule has 1 N–H and O–H groups in total. The molecule has 3 nitrogen and oxygen atoms in total. The van der Waals surface area contributed by atoms with Crippen LogP contribution in [0, 0.1) is 0 Å². The Labute approximate surface area is 114 Å². The molecule has 0 bridgehead atoms. The number of hydrogen-bond donors (Lipinski definition) is 1. The van der Waals surface area contributed by atoms with Crippen molar-refractivity contribution in [3.63, 3.8) is 0 Å². The van der Waals surface area contributed by atoms with Gasteiger partial charge in [-0.25, -0.2) is 0 Å². The molecule has 0 fully saturated rings. The van der Waals surface area contributed by atoms with Crippen molar-refractivity contribution in [3.05, 3.63) is 29.8 Å². The van der Waals surface area contributed by atoms with Crippen LogP contribution in [0.4, 0.5) is 13.2 Å². The minimum absolute atomic E-state index is 0. The topological polar surface area (TPSA) is 54.4 Å². The molecule has 2 radical (unpaired) electrons. The van der Waals surface area contributed by atoms with Crippen LogP contribution in [0.1, 0.15) is 5.56 Å². The van der Waals surface area contributed by atoms with Crippen LogP contribution in [0.25, 0.3) is 0 Å². The van der Waals surface area contributed by atoms with Crippen molar-refractivity contribution in [2.45, 2.75) is 11.1 Å². The third-order valence-electron chi connectivity index (χ3n) is 1.46. The van der Waals surface area contributed by atoms with Crippen LogP contribution >= 0.6 is 0 Å². The van der Waals surface area contributed by atoms with Gasteiger partial charge in [-0.1, -0.05) is 6.07 Å². The summed E-state index contributed by atoms with van der Waals surface area (Å²) in [5.74, 6) is 0. The largest absolute Gasteiger partial charge is 0.416 e. The first-order valence-corrected chi connectivity index (χ1v) is 4.80. The Morgan fingerprint density at radius 2 is 1.73 bits per heavy atom. The van der Waals surface area contributed by atoms with E-state index in [0.717, 1.165) is 12.1 Å². The second-order valence-corrected chi connectivity index (χ2v) is 3.92. The van der Waals surface area contributed by atoms with E-state index in [0.29, 0.717) is 12.1 Å². The molecule has 0 aliphatic heterocycles. The number of halogens is 3. The van der Waals surface area contributed by atoms with Gasteiger partial charge < -0.3 is 0 Å². The molecule has 0 heterocycles. The van der Waals surface area contributed by atoms with E-state index in [1.807, 2.05) is 0 Å². The third kappa shape index (κ3) is 4.28. The molecule has 0 spiro atoms. The summed E-state index contributed by atoms with van der Waals surface area (Å²) in [7, 11) is -4.59. The maximum absolute atomic E-state index is 12.1. The van der Waals surface area contributed by atoms with Crippen molar-refractivity contribution in [2.24, 2.45) is 0 Å². The van der Waals surface area contributed by atoms with Crippen molar-refractivity contribution in [1.29, 1.82) is 0 Å². The molecule has 0 saturated heterocycles. The molecule has 1 rings (SSSR count). The van der Waals surface area contributed by atoms with Gasteiger partial charge in [-0.15, -0.1) is 0 Å². The molecule has 0 amide bonds. The number of benzene rings is 1. The van der Waals surface area contributed by atoms with Crippen molar-refractivity contribution < 1.29 is 26.1 Å². The number of hydrogen-bond acceptors (Lipinski definition) is 2. The second-order valence-electron chi connectivity index (χ2n) is 2.50. The van der Waals surface area contributed by atoms with E-state index in [9.17, 15) is 21.6 Å². The van der Waals surface area contributed by atoms with E-state index in [2.05, 4.69) is 0 Å². The first-order chi connectivity index (χ1) is 6.21.